The maximum Gasteiger partial charge on any atom is 0.271 e. The lowest BCUT2D eigenvalue weighted by Crippen LogP contribution is -2.14. The van der Waals surface area contributed by atoms with Crippen LogP contribution in [0.1, 0.15) is 0 Å². The third-order valence-electron chi connectivity index (χ3n) is 3.50. The quantitative estimate of drug-likeness (QED) is 0.231. The van der Waals surface area contributed by atoms with Crippen LogP contribution in [0.2, 0.25) is 0 Å². The number of furan rings is 1. The van der Waals surface area contributed by atoms with Crippen LogP contribution < -0.4 is 5.32 Å². The van der Waals surface area contributed by atoms with Gasteiger partial charge in [0, 0.05) is 24.4 Å². The zero-order valence-corrected chi connectivity index (χ0v) is 16.8. The van der Waals surface area contributed by atoms with E-state index in [1.165, 1.54) is 30.0 Å². The summed E-state index contributed by atoms with van der Waals surface area (Å²) in [6.45, 7) is 4.17. The lowest BCUT2D eigenvalue weighted by Gasteiger charge is -2.07. The predicted molar refractivity (Wildman–Crippen MR) is 108 cm³/mol. The first kappa shape index (κ1) is 19.8. The van der Waals surface area contributed by atoms with Gasteiger partial charge in [0.05, 0.1) is 10.7 Å². The van der Waals surface area contributed by atoms with Gasteiger partial charge in [0.15, 0.2) is 15.6 Å². The number of nitro groups is 1. The maximum atomic E-state index is 12.2. The normalized spacial score (nSPS) is 10.6. The van der Waals surface area contributed by atoms with E-state index in [0.29, 0.717) is 33.6 Å². The zero-order chi connectivity index (χ0) is 20.1. The van der Waals surface area contributed by atoms with Crippen LogP contribution in [0.4, 0.5) is 11.4 Å². The number of allylic oxidation sites excluding steroid dienone is 1. The van der Waals surface area contributed by atoms with Gasteiger partial charge in [-0.05, 0) is 34.1 Å². The SMILES string of the molecule is C=CCn1c(SCC(=O)Nc2cccc([N+](=O)[O-])c2)nnc1-c1ccc(Br)o1. The number of hydrogen-bond acceptors (Lipinski definition) is 7. The second-order valence-electron chi connectivity index (χ2n) is 5.45. The number of hydrogen-bond donors (Lipinski definition) is 1. The second-order valence-corrected chi connectivity index (χ2v) is 7.18. The predicted octanol–water partition coefficient (Wildman–Crippen LogP) is 4.13. The molecular weight excluding hydrogens is 450 g/mol. The van der Waals surface area contributed by atoms with Gasteiger partial charge in [-0.3, -0.25) is 19.5 Å². The number of rotatable bonds is 8. The molecule has 11 heteroatoms. The zero-order valence-electron chi connectivity index (χ0n) is 14.4. The maximum absolute atomic E-state index is 12.2. The fourth-order valence-electron chi connectivity index (χ4n) is 2.33. The average Bonchev–Trinajstić information content (AvgIpc) is 3.26. The molecule has 2 aromatic heterocycles. The minimum absolute atomic E-state index is 0.0554. The lowest BCUT2D eigenvalue weighted by atomic mass is 10.3. The Hall–Kier alpha value is -2.92. The Labute approximate surface area is 172 Å². The highest BCUT2D eigenvalue weighted by atomic mass is 79.9. The van der Waals surface area contributed by atoms with Crippen molar-refractivity contribution in [1.82, 2.24) is 14.8 Å². The van der Waals surface area contributed by atoms with Crippen molar-refractivity contribution in [2.75, 3.05) is 11.1 Å². The molecule has 0 aliphatic carbocycles. The highest BCUT2D eigenvalue weighted by molar-refractivity contribution is 9.10. The summed E-state index contributed by atoms with van der Waals surface area (Å²) in [6.07, 6.45) is 1.69. The van der Waals surface area contributed by atoms with Crippen molar-refractivity contribution in [2.45, 2.75) is 11.7 Å². The van der Waals surface area contributed by atoms with Crippen LogP contribution >= 0.6 is 27.7 Å². The first-order chi connectivity index (χ1) is 13.5. The molecule has 28 heavy (non-hydrogen) atoms. The number of amides is 1. The fourth-order valence-corrected chi connectivity index (χ4v) is 3.38. The molecule has 3 rings (SSSR count). The van der Waals surface area contributed by atoms with Crippen LogP contribution in [0.3, 0.4) is 0 Å². The van der Waals surface area contributed by atoms with Crippen molar-refractivity contribution >= 4 is 45.0 Å². The number of nitro benzene ring substituents is 1. The molecule has 1 N–H and O–H groups in total. The van der Waals surface area contributed by atoms with E-state index in [2.05, 4.69) is 38.0 Å². The molecule has 0 bridgehead atoms. The number of benzene rings is 1. The number of carbonyl (C=O) groups excluding carboxylic acids is 1. The summed E-state index contributed by atoms with van der Waals surface area (Å²) in [7, 11) is 0. The topological polar surface area (TPSA) is 116 Å². The van der Waals surface area contributed by atoms with E-state index in [0.717, 1.165) is 0 Å². The van der Waals surface area contributed by atoms with Crippen LogP contribution in [-0.4, -0.2) is 31.3 Å². The van der Waals surface area contributed by atoms with Crippen molar-refractivity contribution < 1.29 is 14.1 Å². The number of aromatic nitrogens is 3. The lowest BCUT2D eigenvalue weighted by molar-refractivity contribution is -0.384. The molecule has 0 radical (unpaired) electrons. The molecule has 9 nitrogen and oxygen atoms in total. The van der Waals surface area contributed by atoms with E-state index in [-0.39, 0.29) is 17.3 Å². The molecule has 0 unspecified atom stereocenters. The van der Waals surface area contributed by atoms with E-state index < -0.39 is 4.92 Å². The van der Waals surface area contributed by atoms with Crippen LogP contribution in [0.25, 0.3) is 11.6 Å². The van der Waals surface area contributed by atoms with E-state index in [1.807, 2.05) is 0 Å². The first-order valence-electron chi connectivity index (χ1n) is 7.95. The van der Waals surface area contributed by atoms with Crippen molar-refractivity contribution in [3.05, 3.63) is 63.8 Å². The number of carbonyl (C=O) groups is 1. The molecule has 0 fully saturated rings. The Morgan fingerprint density at radius 3 is 2.89 bits per heavy atom. The Bertz CT molecular complexity index is 1030. The summed E-state index contributed by atoms with van der Waals surface area (Å²) in [6, 6.07) is 9.27. The molecule has 1 aromatic carbocycles. The summed E-state index contributed by atoms with van der Waals surface area (Å²) in [5.74, 6) is 0.794. The molecule has 1 amide bonds. The average molecular weight is 464 g/mol. The summed E-state index contributed by atoms with van der Waals surface area (Å²) >= 11 is 4.44. The third kappa shape index (κ3) is 4.67. The Balaban J connectivity index is 1.69. The fraction of sp³-hybridized carbons (Fsp3) is 0.118. The van der Waals surface area contributed by atoms with Gasteiger partial charge in [-0.15, -0.1) is 16.8 Å². The van der Waals surface area contributed by atoms with E-state index in [4.69, 9.17) is 4.42 Å². The molecular formula is C17H14BrN5O4S. The molecule has 144 valence electrons. The number of anilines is 1. The number of halogens is 1. The molecule has 2 heterocycles. The molecule has 0 saturated heterocycles. The van der Waals surface area contributed by atoms with E-state index >= 15 is 0 Å². The molecule has 0 aliphatic heterocycles. The van der Waals surface area contributed by atoms with Crippen LogP contribution in [0.15, 0.2) is 63.3 Å². The summed E-state index contributed by atoms with van der Waals surface area (Å²) < 4.78 is 7.87. The highest BCUT2D eigenvalue weighted by Gasteiger charge is 2.17. The Morgan fingerprint density at radius 1 is 1.39 bits per heavy atom. The smallest absolute Gasteiger partial charge is 0.271 e. The van der Waals surface area contributed by atoms with Gasteiger partial charge in [0.1, 0.15) is 0 Å². The van der Waals surface area contributed by atoms with Gasteiger partial charge in [-0.25, -0.2) is 0 Å². The number of nitrogens with zero attached hydrogens (tertiary/aromatic N) is 4. The number of thioether (sulfide) groups is 1. The summed E-state index contributed by atoms with van der Waals surface area (Å²) in [4.78, 5) is 22.5. The minimum atomic E-state index is -0.517. The third-order valence-corrected chi connectivity index (χ3v) is 4.89. The minimum Gasteiger partial charge on any atom is -0.446 e. The summed E-state index contributed by atoms with van der Waals surface area (Å²) in [5.41, 5.74) is 0.263. The molecule has 0 atom stereocenters. The molecule has 0 aliphatic rings. The number of nitrogens with one attached hydrogen (secondary N) is 1. The standard InChI is InChI=1S/C17H14BrN5O4S/c1-2-8-22-16(13-6-7-14(18)27-13)20-21-17(22)28-10-15(24)19-11-4-3-5-12(9-11)23(25)26/h2-7,9H,1,8,10H2,(H,19,24). The van der Waals surface area contributed by atoms with Gasteiger partial charge in [-0.1, -0.05) is 23.9 Å². The van der Waals surface area contributed by atoms with Crippen molar-refractivity contribution in [3.63, 3.8) is 0 Å². The summed E-state index contributed by atoms with van der Waals surface area (Å²) in [5, 5.41) is 22.2. The van der Waals surface area contributed by atoms with Crippen LogP contribution in [0.5, 0.6) is 0 Å². The second kappa shape index (κ2) is 8.85. The molecule has 3 aromatic rings. The highest BCUT2D eigenvalue weighted by Crippen LogP contribution is 2.27. The monoisotopic (exact) mass is 463 g/mol. The van der Waals surface area contributed by atoms with Gasteiger partial charge < -0.3 is 9.73 Å². The Morgan fingerprint density at radius 2 is 2.21 bits per heavy atom. The van der Waals surface area contributed by atoms with Gasteiger partial charge >= 0.3 is 0 Å². The largest absolute Gasteiger partial charge is 0.446 e. The molecule has 0 saturated carbocycles. The van der Waals surface area contributed by atoms with Gasteiger partial charge in [0.2, 0.25) is 11.7 Å². The van der Waals surface area contributed by atoms with E-state index in [1.54, 1.807) is 28.8 Å². The van der Waals surface area contributed by atoms with Crippen molar-refractivity contribution in [1.29, 1.82) is 0 Å². The van der Waals surface area contributed by atoms with E-state index in [9.17, 15) is 14.9 Å². The van der Waals surface area contributed by atoms with Crippen molar-refractivity contribution in [2.24, 2.45) is 0 Å². The number of non-ortho nitro benzene ring substituents is 1. The van der Waals surface area contributed by atoms with Crippen LogP contribution in [-0.2, 0) is 11.3 Å². The van der Waals surface area contributed by atoms with Crippen molar-refractivity contribution in [3.8, 4) is 11.6 Å². The van der Waals surface area contributed by atoms with Gasteiger partial charge in [0.25, 0.3) is 5.69 Å². The van der Waals surface area contributed by atoms with Gasteiger partial charge in [-0.2, -0.15) is 0 Å². The molecule has 0 spiro atoms. The first-order valence-corrected chi connectivity index (χ1v) is 9.72. The van der Waals surface area contributed by atoms with Crippen LogP contribution in [0, 0.1) is 10.1 Å². The Kier molecular flexibility index (Phi) is 6.26.